The van der Waals surface area contributed by atoms with Gasteiger partial charge in [-0.1, -0.05) is 23.2 Å². The maximum atomic E-state index is 8.64. The molecule has 0 aliphatic carbocycles. The zero-order valence-electron chi connectivity index (χ0n) is 8.86. The Labute approximate surface area is 108 Å². The third kappa shape index (κ3) is 2.47. The standard InChI is InChI=1S/C10H11Cl2N3O2/c11-6-3-7(12)9-8(4-6)15(10(13)14-9)5-17-2-1-16/h3-4,16H,1-2,5H2,(H2,13,14). The number of rotatable bonds is 4. The molecule has 0 unspecified atom stereocenters. The molecule has 0 saturated carbocycles. The average Bonchev–Trinajstić information content (AvgIpc) is 2.57. The van der Waals surface area contributed by atoms with E-state index in [0.29, 0.717) is 27.0 Å². The van der Waals surface area contributed by atoms with Crippen molar-refractivity contribution in [1.29, 1.82) is 0 Å². The van der Waals surface area contributed by atoms with Gasteiger partial charge < -0.3 is 15.6 Å². The van der Waals surface area contributed by atoms with Crippen LogP contribution in [0.15, 0.2) is 12.1 Å². The fourth-order valence-corrected chi connectivity index (χ4v) is 2.05. The second kappa shape index (κ2) is 5.10. The quantitative estimate of drug-likeness (QED) is 0.836. The second-order valence-electron chi connectivity index (χ2n) is 3.41. The summed E-state index contributed by atoms with van der Waals surface area (Å²) in [4.78, 5) is 4.14. The number of hydrogen-bond donors (Lipinski definition) is 2. The van der Waals surface area contributed by atoms with Gasteiger partial charge in [0.1, 0.15) is 12.2 Å². The van der Waals surface area contributed by atoms with E-state index in [1.807, 2.05) is 0 Å². The number of aliphatic hydroxyl groups excluding tert-OH is 1. The van der Waals surface area contributed by atoms with Crippen LogP contribution in [0, 0.1) is 0 Å². The number of hydrogen-bond acceptors (Lipinski definition) is 4. The van der Waals surface area contributed by atoms with Gasteiger partial charge in [-0.25, -0.2) is 4.98 Å². The smallest absolute Gasteiger partial charge is 0.203 e. The lowest BCUT2D eigenvalue weighted by Gasteiger charge is -2.06. The summed E-state index contributed by atoms with van der Waals surface area (Å²) in [6.07, 6.45) is 0. The molecule has 0 aliphatic rings. The summed E-state index contributed by atoms with van der Waals surface area (Å²) in [5, 5.41) is 9.59. The van der Waals surface area contributed by atoms with Crippen LogP contribution in [0.1, 0.15) is 0 Å². The van der Waals surface area contributed by atoms with E-state index in [0.717, 1.165) is 0 Å². The first-order valence-electron chi connectivity index (χ1n) is 4.93. The molecule has 1 aromatic heterocycles. The largest absolute Gasteiger partial charge is 0.394 e. The van der Waals surface area contributed by atoms with Crippen molar-refractivity contribution in [3.63, 3.8) is 0 Å². The molecule has 0 aliphatic heterocycles. The number of nitrogens with two attached hydrogens (primary N) is 1. The van der Waals surface area contributed by atoms with Crippen molar-refractivity contribution in [1.82, 2.24) is 9.55 Å². The number of nitrogen functional groups attached to an aromatic ring is 1. The zero-order valence-corrected chi connectivity index (χ0v) is 10.4. The van der Waals surface area contributed by atoms with E-state index in [4.69, 9.17) is 38.8 Å². The van der Waals surface area contributed by atoms with Gasteiger partial charge in [0, 0.05) is 5.02 Å². The monoisotopic (exact) mass is 275 g/mol. The molecular formula is C10H11Cl2N3O2. The highest BCUT2D eigenvalue weighted by molar-refractivity contribution is 6.38. The molecule has 0 saturated heterocycles. The molecular weight excluding hydrogens is 265 g/mol. The predicted octanol–water partition coefficient (Wildman–Crippen LogP) is 1.89. The van der Waals surface area contributed by atoms with Crippen LogP contribution >= 0.6 is 23.2 Å². The van der Waals surface area contributed by atoms with Gasteiger partial charge in [0.25, 0.3) is 0 Å². The number of imidazole rings is 1. The summed E-state index contributed by atoms with van der Waals surface area (Å²) < 4.78 is 6.84. The van der Waals surface area contributed by atoms with Crippen LogP contribution < -0.4 is 5.73 Å². The lowest BCUT2D eigenvalue weighted by molar-refractivity contribution is 0.0512. The Morgan fingerprint density at radius 2 is 2.18 bits per heavy atom. The predicted molar refractivity (Wildman–Crippen MR) is 67.2 cm³/mol. The van der Waals surface area contributed by atoms with Crippen LogP contribution in [-0.2, 0) is 11.5 Å². The van der Waals surface area contributed by atoms with Gasteiger partial charge in [-0.15, -0.1) is 0 Å². The number of anilines is 1. The van der Waals surface area contributed by atoms with Gasteiger partial charge in [0.05, 0.1) is 23.8 Å². The molecule has 1 heterocycles. The summed E-state index contributed by atoms with van der Waals surface area (Å²) in [5.74, 6) is 0.294. The van der Waals surface area contributed by atoms with Gasteiger partial charge in [0.2, 0.25) is 5.95 Å². The molecule has 0 amide bonds. The van der Waals surface area contributed by atoms with Gasteiger partial charge in [-0.05, 0) is 12.1 Å². The normalized spacial score (nSPS) is 11.2. The third-order valence-electron chi connectivity index (χ3n) is 2.26. The van der Waals surface area contributed by atoms with Crippen molar-refractivity contribution in [2.24, 2.45) is 0 Å². The van der Waals surface area contributed by atoms with E-state index >= 15 is 0 Å². The number of halogens is 2. The van der Waals surface area contributed by atoms with E-state index in [2.05, 4.69) is 4.98 Å². The Bertz CT molecular complexity index is 542. The number of nitrogens with zero attached hydrogens (tertiary/aromatic N) is 2. The Balaban J connectivity index is 2.43. The highest BCUT2D eigenvalue weighted by Crippen LogP contribution is 2.29. The van der Waals surface area contributed by atoms with Gasteiger partial charge in [-0.3, -0.25) is 4.57 Å². The zero-order chi connectivity index (χ0) is 12.4. The van der Waals surface area contributed by atoms with E-state index in [1.54, 1.807) is 16.7 Å². The summed E-state index contributed by atoms with van der Waals surface area (Å²) in [6.45, 7) is 0.376. The van der Waals surface area contributed by atoms with Crippen LogP contribution in [0.5, 0.6) is 0 Å². The van der Waals surface area contributed by atoms with E-state index in [1.165, 1.54) is 0 Å². The van der Waals surface area contributed by atoms with Crippen molar-refractivity contribution >= 4 is 40.2 Å². The number of aliphatic hydroxyl groups is 1. The lowest BCUT2D eigenvalue weighted by Crippen LogP contribution is -2.08. The Morgan fingerprint density at radius 3 is 2.88 bits per heavy atom. The van der Waals surface area contributed by atoms with Crippen LogP contribution in [0.25, 0.3) is 11.0 Å². The summed E-state index contributed by atoms with van der Waals surface area (Å²) in [5.41, 5.74) is 7.05. The van der Waals surface area contributed by atoms with Crippen LogP contribution in [0.2, 0.25) is 10.0 Å². The van der Waals surface area contributed by atoms with E-state index in [-0.39, 0.29) is 19.9 Å². The highest BCUT2D eigenvalue weighted by Gasteiger charge is 2.12. The fraction of sp³-hybridized carbons (Fsp3) is 0.300. The molecule has 2 aromatic rings. The SMILES string of the molecule is Nc1nc2c(Cl)cc(Cl)cc2n1COCCO. The number of benzene rings is 1. The minimum absolute atomic E-state index is 0.0476. The van der Waals surface area contributed by atoms with E-state index < -0.39 is 0 Å². The Hall–Kier alpha value is -1.01. The lowest BCUT2D eigenvalue weighted by atomic mass is 10.3. The molecule has 1 aromatic carbocycles. The number of aromatic nitrogens is 2. The van der Waals surface area contributed by atoms with Crippen LogP contribution in [0.4, 0.5) is 5.95 Å². The molecule has 2 rings (SSSR count). The minimum atomic E-state index is -0.0476. The first-order valence-corrected chi connectivity index (χ1v) is 5.68. The third-order valence-corrected chi connectivity index (χ3v) is 2.76. The molecule has 17 heavy (non-hydrogen) atoms. The van der Waals surface area contributed by atoms with Crippen molar-refractivity contribution in [3.05, 3.63) is 22.2 Å². The van der Waals surface area contributed by atoms with E-state index in [9.17, 15) is 0 Å². The molecule has 7 heteroatoms. The van der Waals surface area contributed by atoms with Crippen molar-refractivity contribution < 1.29 is 9.84 Å². The molecule has 0 spiro atoms. The van der Waals surface area contributed by atoms with Crippen molar-refractivity contribution in [2.45, 2.75) is 6.73 Å². The van der Waals surface area contributed by atoms with Crippen LogP contribution in [0.3, 0.4) is 0 Å². The molecule has 0 fully saturated rings. The molecule has 3 N–H and O–H groups in total. The number of ether oxygens (including phenoxy) is 1. The van der Waals surface area contributed by atoms with Gasteiger partial charge >= 0.3 is 0 Å². The molecule has 5 nitrogen and oxygen atoms in total. The first kappa shape index (κ1) is 12.4. The Kier molecular flexibility index (Phi) is 3.73. The van der Waals surface area contributed by atoms with Crippen LogP contribution in [-0.4, -0.2) is 27.9 Å². The van der Waals surface area contributed by atoms with Gasteiger partial charge in [-0.2, -0.15) is 0 Å². The molecule has 92 valence electrons. The molecule has 0 radical (unpaired) electrons. The first-order chi connectivity index (χ1) is 8.13. The highest BCUT2D eigenvalue weighted by atomic mass is 35.5. The average molecular weight is 276 g/mol. The fourth-order valence-electron chi connectivity index (χ4n) is 1.52. The second-order valence-corrected chi connectivity index (χ2v) is 4.26. The maximum Gasteiger partial charge on any atom is 0.203 e. The molecule has 0 bridgehead atoms. The summed E-state index contributed by atoms with van der Waals surface area (Å²) in [6, 6.07) is 3.32. The minimum Gasteiger partial charge on any atom is -0.394 e. The number of fused-ring (bicyclic) bond motifs is 1. The topological polar surface area (TPSA) is 73.3 Å². The summed E-state index contributed by atoms with van der Waals surface area (Å²) in [7, 11) is 0. The van der Waals surface area contributed by atoms with Crippen molar-refractivity contribution in [2.75, 3.05) is 18.9 Å². The maximum absolute atomic E-state index is 8.64. The summed E-state index contributed by atoms with van der Waals surface area (Å²) >= 11 is 11.9. The molecule has 0 atom stereocenters. The van der Waals surface area contributed by atoms with Gasteiger partial charge in [0.15, 0.2) is 0 Å². The van der Waals surface area contributed by atoms with Crippen molar-refractivity contribution in [3.8, 4) is 0 Å². The Morgan fingerprint density at radius 1 is 1.41 bits per heavy atom.